The third-order valence-corrected chi connectivity index (χ3v) is 4.88. The number of halogens is 1. The van der Waals surface area contributed by atoms with Gasteiger partial charge < -0.3 is 0 Å². The number of nitrogens with one attached hydrogen (secondary N) is 1. The van der Waals surface area contributed by atoms with Gasteiger partial charge in [0, 0.05) is 11.4 Å². The fourth-order valence-corrected chi connectivity index (χ4v) is 3.34. The Morgan fingerprint density at radius 3 is 2.67 bits per heavy atom. The number of hydrogen-bond acceptors (Lipinski definition) is 4. The molecule has 0 unspecified atom stereocenters. The van der Waals surface area contributed by atoms with Crippen molar-refractivity contribution < 1.29 is 4.79 Å². The van der Waals surface area contributed by atoms with Gasteiger partial charge in [0.15, 0.2) is 0 Å². The first-order valence-corrected chi connectivity index (χ1v) is 8.23. The summed E-state index contributed by atoms with van der Waals surface area (Å²) < 4.78 is 0. The van der Waals surface area contributed by atoms with E-state index in [1.165, 1.54) is 11.3 Å². The fourth-order valence-electron chi connectivity index (χ4n) is 2.38. The maximum atomic E-state index is 12.5. The number of aryl methyl sites for hydroxylation is 1. The van der Waals surface area contributed by atoms with E-state index < -0.39 is 5.41 Å². The lowest BCUT2D eigenvalue weighted by molar-refractivity contribution is -0.118. The maximum Gasteiger partial charge on any atom is 0.236 e. The van der Waals surface area contributed by atoms with E-state index in [1.807, 2.05) is 24.3 Å². The molecule has 2 aromatic rings. The van der Waals surface area contributed by atoms with Crippen LogP contribution < -0.4 is 5.32 Å². The number of benzene rings is 1. The van der Waals surface area contributed by atoms with Crippen LogP contribution in [0.1, 0.15) is 36.8 Å². The van der Waals surface area contributed by atoms with Gasteiger partial charge in [0.05, 0.1) is 5.41 Å². The lowest BCUT2D eigenvalue weighted by atomic mass is 9.95. The van der Waals surface area contributed by atoms with E-state index in [1.54, 1.807) is 0 Å². The number of carbonyl (C=O) groups is 1. The highest BCUT2D eigenvalue weighted by Crippen LogP contribution is 2.49. The zero-order valence-electron chi connectivity index (χ0n) is 11.7. The molecule has 1 amide bonds. The second-order valence-electron chi connectivity index (χ2n) is 5.29. The molecule has 1 aromatic heterocycles. The molecule has 1 aliphatic carbocycles. The summed E-state index contributed by atoms with van der Waals surface area (Å²) in [5.41, 5.74) is 0.601. The fraction of sp³-hybridized carbons (Fsp3) is 0.400. The average Bonchev–Trinajstić information content (AvgIpc) is 3.17. The van der Waals surface area contributed by atoms with Crippen molar-refractivity contribution in [2.75, 3.05) is 5.32 Å². The molecule has 0 bridgehead atoms. The zero-order valence-corrected chi connectivity index (χ0v) is 13.3. The summed E-state index contributed by atoms with van der Waals surface area (Å²) in [7, 11) is 0. The summed E-state index contributed by atoms with van der Waals surface area (Å²) in [4.78, 5) is 12.5. The molecule has 0 radical (unpaired) electrons. The molecule has 0 spiro atoms. The van der Waals surface area contributed by atoms with Crippen LogP contribution in [0.2, 0.25) is 5.02 Å². The monoisotopic (exact) mass is 321 g/mol. The molecule has 1 saturated carbocycles. The van der Waals surface area contributed by atoms with Gasteiger partial charge in [-0.2, -0.15) is 0 Å². The summed E-state index contributed by atoms with van der Waals surface area (Å²) in [6.45, 7) is 2.10. The average molecular weight is 322 g/mol. The van der Waals surface area contributed by atoms with Gasteiger partial charge in [-0.25, -0.2) is 0 Å². The zero-order chi connectivity index (χ0) is 14.9. The first kappa shape index (κ1) is 14.5. The lowest BCUT2D eigenvalue weighted by Crippen LogP contribution is -2.27. The molecule has 1 N–H and O–H groups in total. The van der Waals surface area contributed by atoms with E-state index in [9.17, 15) is 4.79 Å². The highest BCUT2D eigenvalue weighted by Gasteiger charge is 2.51. The van der Waals surface area contributed by atoms with Crippen LogP contribution in [0.25, 0.3) is 0 Å². The molecule has 1 aliphatic rings. The number of hydrogen-bond donors (Lipinski definition) is 1. The molecule has 1 aromatic carbocycles. The van der Waals surface area contributed by atoms with Crippen LogP contribution in [0.4, 0.5) is 5.13 Å². The van der Waals surface area contributed by atoms with Crippen LogP contribution in [0, 0.1) is 0 Å². The molecule has 21 heavy (non-hydrogen) atoms. The van der Waals surface area contributed by atoms with Gasteiger partial charge in [-0.05, 0) is 37.0 Å². The van der Waals surface area contributed by atoms with Crippen molar-refractivity contribution in [1.29, 1.82) is 0 Å². The van der Waals surface area contributed by atoms with Crippen LogP contribution in [0.3, 0.4) is 0 Å². The van der Waals surface area contributed by atoms with Crippen molar-refractivity contribution in [2.45, 2.75) is 38.0 Å². The number of aromatic nitrogens is 2. The Labute approximate surface area is 132 Å². The van der Waals surface area contributed by atoms with Crippen LogP contribution >= 0.6 is 22.9 Å². The van der Waals surface area contributed by atoms with Crippen LogP contribution in [-0.2, 0) is 16.6 Å². The topological polar surface area (TPSA) is 54.9 Å². The Kier molecular flexibility index (Phi) is 3.95. The summed E-state index contributed by atoms with van der Waals surface area (Å²) in [5, 5.41) is 13.3. The third-order valence-electron chi connectivity index (χ3n) is 3.73. The van der Waals surface area contributed by atoms with Crippen LogP contribution in [0.5, 0.6) is 0 Å². The first-order chi connectivity index (χ1) is 10.1. The normalized spacial score (nSPS) is 15.7. The minimum atomic E-state index is -0.415. The van der Waals surface area contributed by atoms with Crippen molar-refractivity contribution >= 4 is 34.0 Å². The third kappa shape index (κ3) is 2.94. The molecule has 110 valence electrons. The molecule has 3 rings (SSSR count). The summed E-state index contributed by atoms with van der Waals surface area (Å²) in [5.74, 6) is 0.00372. The van der Waals surface area contributed by atoms with Gasteiger partial charge in [-0.3, -0.25) is 10.1 Å². The molecule has 1 heterocycles. The molecule has 0 atom stereocenters. The minimum absolute atomic E-state index is 0.00372. The number of anilines is 1. The van der Waals surface area contributed by atoms with Crippen LogP contribution in [0.15, 0.2) is 24.3 Å². The highest BCUT2D eigenvalue weighted by molar-refractivity contribution is 7.15. The van der Waals surface area contributed by atoms with Gasteiger partial charge in [0.25, 0.3) is 0 Å². The molecule has 0 aliphatic heterocycles. The Hall–Kier alpha value is -1.46. The van der Waals surface area contributed by atoms with Crippen molar-refractivity contribution in [3.63, 3.8) is 0 Å². The van der Waals surface area contributed by atoms with Gasteiger partial charge in [-0.1, -0.05) is 42.0 Å². The molecule has 4 nitrogen and oxygen atoms in total. The Morgan fingerprint density at radius 2 is 2.05 bits per heavy atom. The molecule has 6 heteroatoms. The predicted molar refractivity (Wildman–Crippen MR) is 84.9 cm³/mol. The van der Waals surface area contributed by atoms with Crippen molar-refractivity contribution in [2.24, 2.45) is 0 Å². The maximum absolute atomic E-state index is 12.5. The summed E-state index contributed by atoms with van der Waals surface area (Å²) in [6.07, 6.45) is 3.65. The minimum Gasteiger partial charge on any atom is -0.300 e. The number of carbonyl (C=O) groups excluding carboxylic acids is 1. The van der Waals surface area contributed by atoms with Gasteiger partial charge >= 0.3 is 0 Å². The largest absolute Gasteiger partial charge is 0.300 e. The number of amides is 1. The van der Waals surface area contributed by atoms with E-state index in [0.717, 1.165) is 36.3 Å². The predicted octanol–water partition coefficient (Wildman–Crippen LogP) is 3.81. The van der Waals surface area contributed by atoms with Gasteiger partial charge in [0.1, 0.15) is 5.01 Å². The standard InChI is InChI=1S/C15H16ClN3OS/c1-2-3-12-18-19-14(21-12)17-13(20)15(8-9-15)10-4-6-11(16)7-5-10/h4-7H,2-3,8-9H2,1H3,(H,17,19,20). The first-order valence-electron chi connectivity index (χ1n) is 7.04. The Morgan fingerprint density at radius 1 is 1.33 bits per heavy atom. The molecule has 1 fully saturated rings. The van der Waals surface area contributed by atoms with E-state index in [-0.39, 0.29) is 5.91 Å². The number of nitrogens with zero attached hydrogens (tertiary/aromatic N) is 2. The van der Waals surface area contributed by atoms with E-state index in [4.69, 9.17) is 11.6 Å². The van der Waals surface area contributed by atoms with E-state index in [0.29, 0.717) is 10.2 Å². The smallest absolute Gasteiger partial charge is 0.236 e. The second kappa shape index (κ2) is 5.73. The second-order valence-corrected chi connectivity index (χ2v) is 6.79. The SMILES string of the molecule is CCCc1nnc(NC(=O)C2(c3ccc(Cl)cc3)CC2)s1. The Bertz CT molecular complexity index is 649. The molecule has 0 saturated heterocycles. The Balaban J connectivity index is 1.73. The van der Waals surface area contributed by atoms with Crippen molar-refractivity contribution in [1.82, 2.24) is 10.2 Å². The molecular weight excluding hydrogens is 306 g/mol. The van der Waals surface area contributed by atoms with Crippen molar-refractivity contribution in [3.05, 3.63) is 39.9 Å². The van der Waals surface area contributed by atoms with Crippen LogP contribution in [-0.4, -0.2) is 16.1 Å². The summed E-state index contributed by atoms with van der Waals surface area (Å²) in [6, 6.07) is 7.51. The number of rotatable bonds is 5. The van der Waals surface area contributed by atoms with Crippen molar-refractivity contribution in [3.8, 4) is 0 Å². The van der Waals surface area contributed by atoms with Gasteiger partial charge in [0.2, 0.25) is 11.0 Å². The lowest BCUT2D eigenvalue weighted by Gasteiger charge is -2.14. The van der Waals surface area contributed by atoms with E-state index in [2.05, 4.69) is 22.4 Å². The highest BCUT2D eigenvalue weighted by atomic mass is 35.5. The quantitative estimate of drug-likeness (QED) is 0.911. The van der Waals surface area contributed by atoms with E-state index >= 15 is 0 Å². The summed E-state index contributed by atoms with van der Waals surface area (Å²) >= 11 is 7.36. The molecular formula is C15H16ClN3OS. The van der Waals surface area contributed by atoms with Gasteiger partial charge in [-0.15, -0.1) is 10.2 Å².